The van der Waals surface area contributed by atoms with Gasteiger partial charge in [-0.05, 0) is 33.1 Å². The van der Waals surface area contributed by atoms with Crippen molar-refractivity contribution in [3.05, 3.63) is 0 Å². The number of nitrogens with zero attached hydrogens (tertiary/aromatic N) is 2. The van der Waals surface area contributed by atoms with Crippen molar-refractivity contribution in [3.63, 3.8) is 0 Å². The first-order valence-corrected chi connectivity index (χ1v) is 7.92. The van der Waals surface area contributed by atoms with Crippen LogP contribution in [0.4, 0.5) is 0 Å². The Morgan fingerprint density at radius 2 is 1.95 bits per heavy atom. The van der Waals surface area contributed by atoms with E-state index in [0.29, 0.717) is 6.61 Å². The molecule has 1 aliphatic rings. The summed E-state index contributed by atoms with van der Waals surface area (Å²) in [5.74, 6) is 0.892. The van der Waals surface area contributed by atoms with Crippen LogP contribution in [0, 0.1) is 5.92 Å². The van der Waals surface area contributed by atoms with E-state index in [0.717, 1.165) is 58.1 Å². The Hall–Kier alpha value is -0.570. The molecule has 0 unspecified atom stereocenters. The Labute approximate surface area is 151 Å². The van der Waals surface area contributed by atoms with Gasteiger partial charge in [0.05, 0.1) is 12.5 Å². The molecule has 0 bridgehead atoms. The number of likely N-dealkylation sites (tertiary alicyclic amines) is 1. The number of nitrogens with one attached hydrogen (secondary N) is 1. The highest BCUT2D eigenvalue weighted by atomic mass is 127. The van der Waals surface area contributed by atoms with Crippen molar-refractivity contribution < 1.29 is 14.3 Å². The lowest BCUT2D eigenvalue weighted by molar-refractivity contribution is -0.149. The summed E-state index contributed by atoms with van der Waals surface area (Å²) in [4.78, 5) is 18.2. The molecule has 22 heavy (non-hydrogen) atoms. The zero-order valence-electron chi connectivity index (χ0n) is 14.0. The summed E-state index contributed by atoms with van der Waals surface area (Å²) < 4.78 is 10.4. The number of ether oxygens (including phenoxy) is 2. The summed E-state index contributed by atoms with van der Waals surface area (Å²) in [5, 5.41) is 3.35. The molecule has 1 heterocycles. The normalized spacial score (nSPS) is 16.1. The lowest BCUT2D eigenvalue weighted by atomic mass is 9.97. The van der Waals surface area contributed by atoms with Crippen LogP contribution in [0.1, 0.15) is 33.1 Å². The second kappa shape index (κ2) is 12.9. The molecular formula is C15H30IN3O3. The first-order chi connectivity index (χ1) is 10.2. The van der Waals surface area contributed by atoms with Crippen LogP contribution in [-0.4, -0.2) is 63.3 Å². The molecule has 7 heteroatoms. The highest BCUT2D eigenvalue weighted by Crippen LogP contribution is 2.18. The Kier molecular flexibility index (Phi) is 12.6. The molecule has 0 atom stereocenters. The summed E-state index contributed by atoms with van der Waals surface area (Å²) in [6, 6.07) is 0. The lowest BCUT2D eigenvalue weighted by Gasteiger charge is -2.33. The van der Waals surface area contributed by atoms with Gasteiger partial charge < -0.3 is 19.7 Å². The van der Waals surface area contributed by atoms with Gasteiger partial charge in [0.1, 0.15) is 0 Å². The smallest absolute Gasteiger partial charge is 0.309 e. The molecule has 0 aromatic heterocycles. The fourth-order valence-corrected chi connectivity index (χ4v) is 2.44. The number of piperidine rings is 1. The van der Waals surface area contributed by atoms with E-state index in [9.17, 15) is 4.79 Å². The van der Waals surface area contributed by atoms with Gasteiger partial charge in [0.15, 0.2) is 5.96 Å². The molecule has 6 nitrogen and oxygen atoms in total. The van der Waals surface area contributed by atoms with E-state index in [1.807, 2.05) is 13.8 Å². The van der Waals surface area contributed by atoms with Gasteiger partial charge in [-0.3, -0.25) is 9.79 Å². The van der Waals surface area contributed by atoms with Gasteiger partial charge in [-0.25, -0.2) is 0 Å². The van der Waals surface area contributed by atoms with Gasteiger partial charge in [-0.1, -0.05) is 0 Å². The number of carbonyl (C=O) groups excluding carboxylic acids is 1. The number of carbonyl (C=O) groups is 1. The molecule has 0 aromatic carbocycles. The predicted octanol–water partition coefficient (Wildman–Crippen LogP) is 1.88. The fraction of sp³-hybridized carbons (Fsp3) is 0.867. The average Bonchev–Trinajstić information content (AvgIpc) is 2.51. The van der Waals surface area contributed by atoms with E-state index in [1.54, 1.807) is 7.05 Å². The quantitative estimate of drug-likeness (QED) is 0.221. The second-order valence-corrected chi connectivity index (χ2v) is 5.04. The lowest BCUT2D eigenvalue weighted by Crippen LogP contribution is -2.47. The first kappa shape index (κ1) is 21.4. The van der Waals surface area contributed by atoms with Crippen molar-refractivity contribution in [3.8, 4) is 0 Å². The molecule has 130 valence electrons. The van der Waals surface area contributed by atoms with E-state index in [4.69, 9.17) is 9.47 Å². The zero-order valence-corrected chi connectivity index (χ0v) is 16.3. The molecule has 1 saturated heterocycles. The third-order valence-corrected chi connectivity index (χ3v) is 3.58. The van der Waals surface area contributed by atoms with Crippen LogP contribution in [0.2, 0.25) is 0 Å². The number of hydrogen-bond acceptors (Lipinski definition) is 4. The molecule has 0 aliphatic carbocycles. The minimum absolute atomic E-state index is 0. The zero-order chi connectivity index (χ0) is 15.5. The second-order valence-electron chi connectivity index (χ2n) is 5.04. The first-order valence-electron chi connectivity index (χ1n) is 7.92. The van der Waals surface area contributed by atoms with Gasteiger partial charge >= 0.3 is 5.97 Å². The maximum atomic E-state index is 11.7. The Bertz CT molecular complexity index is 332. The standard InChI is InChI=1S/C15H29N3O3.HI/c1-4-20-12-6-9-17-15(16-3)18-10-7-13(8-11-18)14(19)21-5-2;/h13H,4-12H2,1-3H3,(H,16,17);1H. The Morgan fingerprint density at radius 3 is 2.50 bits per heavy atom. The third-order valence-electron chi connectivity index (χ3n) is 3.58. The molecule has 1 fully saturated rings. The number of guanidine groups is 1. The SMILES string of the molecule is CCOCCCNC(=NC)N1CCC(C(=O)OCC)CC1.I. The molecule has 1 aliphatic heterocycles. The minimum atomic E-state index is -0.0585. The van der Waals surface area contributed by atoms with Gasteiger partial charge in [-0.2, -0.15) is 0 Å². The van der Waals surface area contributed by atoms with Crippen molar-refractivity contribution >= 4 is 35.9 Å². The van der Waals surface area contributed by atoms with Crippen LogP contribution in [0.15, 0.2) is 4.99 Å². The van der Waals surface area contributed by atoms with Crippen molar-refractivity contribution in [1.82, 2.24) is 10.2 Å². The third kappa shape index (κ3) is 7.62. The predicted molar refractivity (Wildman–Crippen MR) is 98.8 cm³/mol. The van der Waals surface area contributed by atoms with Crippen molar-refractivity contribution in [2.24, 2.45) is 10.9 Å². The van der Waals surface area contributed by atoms with Crippen LogP contribution in [0.3, 0.4) is 0 Å². The molecular weight excluding hydrogens is 397 g/mol. The maximum absolute atomic E-state index is 11.7. The van der Waals surface area contributed by atoms with Gasteiger partial charge in [-0.15, -0.1) is 24.0 Å². The van der Waals surface area contributed by atoms with Crippen molar-refractivity contribution in [1.29, 1.82) is 0 Å². The van der Waals surface area contributed by atoms with Crippen LogP contribution in [-0.2, 0) is 14.3 Å². The van der Waals surface area contributed by atoms with E-state index in [1.165, 1.54) is 0 Å². The molecule has 0 aromatic rings. The summed E-state index contributed by atoms with van der Waals surface area (Å²) in [5.41, 5.74) is 0. The van der Waals surface area contributed by atoms with Crippen LogP contribution >= 0.6 is 24.0 Å². The molecule has 1 rings (SSSR count). The van der Waals surface area contributed by atoms with Crippen molar-refractivity contribution in [2.45, 2.75) is 33.1 Å². The summed E-state index contributed by atoms with van der Waals surface area (Å²) in [6.45, 7) is 8.37. The summed E-state index contributed by atoms with van der Waals surface area (Å²) >= 11 is 0. The highest BCUT2D eigenvalue weighted by molar-refractivity contribution is 14.0. The van der Waals surface area contributed by atoms with E-state index in [-0.39, 0.29) is 35.9 Å². The van der Waals surface area contributed by atoms with E-state index >= 15 is 0 Å². The number of aliphatic imine (C=N–C) groups is 1. The van der Waals surface area contributed by atoms with E-state index in [2.05, 4.69) is 15.2 Å². The Balaban J connectivity index is 0.00000441. The number of esters is 1. The van der Waals surface area contributed by atoms with Gasteiger partial charge in [0, 0.05) is 39.9 Å². The number of hydrogen-bond donors (Lipinski definition) is 1. The number of rotatable bonds is 7. The van der Waals surface area contributed by atoms with Gasteiger partial charge in [0.2, 0.25) is 0 Å². The summed E-state index contributed by atoms with van der Waals surface area (Å²) in [7, 11) is 1.79. The molecule has 0 spiro atoms. The van der Waals surface area contributed by atoms with Crippen LogP contribution < -0.4 is 5.32 Å². The highest BCUT2D eigenvalue weighted by Gasteiger charge is 2.27. The minimum Gasteiger partial charge on any atom is -0.466 e. The molecule has 0 amide bonds. The topological polar surface area (TPSA) is 63.2 Å². The maximum Gasteiger partial charge on any atom is 0.309 e. The molecule has 0 radical (unpaired) electrons. The largest absolute Gasteiger partial charge is 0.466 e. The Morgan fingerprint density at radius 1 is 1.27 bits per heavy atom. The van der Waals surface area contributed by atoms with Crippen molar-refractivity contribution in [2.75, 3.05) is 46.5 Å². The van der Waals surface area contributed by atoms with E-state index < -0.39 is 0 Å². The molecule has 0 saturated carbocycles. The van der Waals surface area contributed by atoms with Gasteiger partial charge in [0.25, 0.3) is 0 Å². The van der Waals surface area contributed by atoms with Crippen LogP contribution in [0.25, 0.3) is 0 Å². The number of halogens is 1. The molecule has 1 N–H and O–H groups in total. The summed E-state index contributed by atoms with van der Waals surface area (Å²) in [6.07, 6.45) is 2.63. The van der Waals surface area contributed by atoms with Crippen LogP contribution in [0.5, 0.6) is 0 Å². The average molecular weight is 427 g/mol. The fourth-order valence-electron chi connectivity index (χ4n) is 2.44. The monoisotopic (exact) mass is 427 g/mol.